The minimum atomic E-state index is 0.719. The highest BCUT2D eigenvalue weighted by molar-refractivity contribution is 5.79. The fraction of sp³-hybridized carbons (Fsp3) is 0.667. The first-order valence-corrected chi connectivity index (χ1v) is 7.28. The number of ether oxygens (including phenoxy) is 1. The van der Waals surface area contributed by atoms with E-state index in [4.69, 9.17) is 4.74 Å². The number of hydrogen-bond acceptors (Lipinski definition) is 2. The van der Waals surface area contributed by atoms with Crippen LogP contribution in [0.15, 0.2) is 23.3 Å². The van der Waals surface area contributed by atoms with Crippen LogP contribution in [0, 0.1) is 0 Å². The van der Waals surface area contributed by atoms with Crippen molar-refractivity contribution >= 4 is 5.96 Å². The molecule has 0 bridgehead atoms. The predicted octanol–water partition coefficient (Wildman–Crippen LogP) is 1.85. The summed E-state index contributed by atoms with van der Waals surface area (Å²) in [6.07, 6.45) is 4.36. The molecule has 0 atom stereocenters. The molecule has 20 heavy (non-hydrogen) atoms. The Labute approximate surface area is 122 Å². The van der Waals surface area contributed by atoms with E-state index in [1.54, 1.807) is 0 Å². The standard InChI is InChI=1S/C15H28N4O/c1-5-6-11-20-12-9-17-15(16-2)19(4)13-14-8-7-10-18(14)3/h7-8,10H,5-6,9,11-13H2,1-4H3,(H,16,17). The first-order valence-electron chi connectivity index (χ1n) is 7.28. The first kappa shape index (κ1) is 16.6. The molecule has 114 valence electrons. The molecule has 0 radical (unpaired) electrons. The Morgan fingerprint density at radius 3 is 2.85 bits per heavy atom. The van der Waals surface area contributed by atoms with Gasteiger partial charge < -0.3 is 19.5 Å². The van der Waals surface area contributed by atoms with E-state index in [0.717, 1.165) is 38.7 Å². The third-order valence-electron chi connectivity index (χ3n) is 3.20. The van der Waals surface area contributed by atoms with Gasteiger partial charge in [-0.1, -0.05) is 13.3 Å². The largest absolute Gasteiger partial charge is 0.380 e. The van der Waals surface area contributed by atoms with Gasteiger partial charge >= 0.3 is 0 Å². The van der Waals surface area contributed by atoms with E-state index in [1.807, 2.05) is 14.1 Å². The molecule has 1 aromatic rings. The summed E-state index contributed by atoms with van der Waals surface area (Å²) < 4.78 is 7.66. The second-order valence-electron chi connectivity index (χ2n) is 4.91. The van der Waals surface area contributed by atoms with Gasteiger partial charge in [0.15, 0.2) is 5.96 Å². The Morgan fingerprint density at radius 1 is 1.45 bits per heavy atom. The van der Waals surface area contributed by atoms with Gasteiger partial charge in [0.05, 0.1) is 13.2 Å². The van der Waals surface area contributed by atoms with Crippen molar-refractivity contribution < 1.29 is 4.74 Å². The van der Waals surface area contributed by atoms with Crippen LogP contribution in [0.4, 0.5) is 0 Å². The Balaban J connectivity index is 2.29. The maximum atomic E-state index is 5.53. The number of aromatic nitrogens is 1. The highest BCUT2D eigenvalue weighted by Crippen LogP contribution is 2.03. The van der Waals surface area contributed by atoms with E-state index in [0.29, 0.717) is 0 Å². The maximum absolute atomic E-state index is 5.53. The van der Waals surface area contributed by atoms with Gasteiger partial charge in [0, 0.05) is 46.2 Å². The van der Waals surface area contributed by atoms with E-state index < -0.39 is 0 Å². The van der Waals surface area contributed by atoms with Crippen molar-refractivity contribution in [2.45, 2.75) is 26.3 Å². The fourth-order valence-corrected chi connectivity index (χ4v) is 1.95. The smallest absolute Gasteiger partial charge is 0.193 e. The normalized spacial score (nSPS) is 11.7. The van der Waals surface area contributed by atoms with Crippen molar-refractivity contribution in [1.29, 1.82) is 0 Å². The lowest BCUT2D eigenvalue weighted by Gasteiger charge is -2.22. The molecule has 5 heteroatoms. The summed E-state index contributed by atoms with van der Waals surface area (Å²) in [5.41, 5.74) is 1.26. The predicted molar refractivity (Wildman–Crippen MR) is 84.0 cm³/mol. The van der Waals surface area contributed by atoms with Crippen molar-refractivity contribution in [2.24, 2.45) is 12.0 Å². The molecule has 0 fully saturated rings. The van der Waals surface area contributed by atoms with E-state index >= 15 is 0 Å². The van der Waals surface area contributed by atoms with E-state index in [2.05, 4.69) is 52.1 Å². The van der Waals surface area contributed by atoms with Crippen LogP contribution in [0.25, 0.3) is 0 Å². The number of nitrogens with zero attached hydrogens (tertiary/aromatic N) is 3. The van der Waals surface area contributed by atoms with Crippen molar-refractivity contribution in [3.05, 3.63) is 24.0 Å². The lowest BCUT2D eigenvalue weighted by atomic mass is 10.4. The number of aliphatic imine (C=N–C) groups is 1. The quantitative estimate of drug-likeness (QED) is 0.449. The van der Waals surface area contributed by atoms with Crippen molar-refractivity contribution in [1.82, 2.24) is 14.8 Å². The summed E-state index contributed by atoms with van der Waals surface area (Å²) >= 11 is 0. The number of aryl methyl sites for hydroxylation is 1. The van der Waals surface area contributed by atoms with Crippen molar-refractivity contribution in [3.8, 4) is 0 Å². The topological polar surface area (TPSA) is 41.8 Å². The highest BCUT2D eigenvalue weighted by Gasteiger charge is 2.07. The lowest BCUT2D eigenvalue weighted by molar-refractivity contribution is 0.135. The van der Waals surface area contributed by atoms with Gasteiger partial charge in [-0.15, -0.1) is 0 Å². The van der Waals surface area contributed by atoms with E-state index in [1.165, 1.54) is 12.1 Å². The molecule has 0 saturated carbocycles. The SMILES string of the molecule is CCCCOCCNC(=NC)N(C)Cc1cccn1C. The van der Waals surface area contributed by atoms with Crippen LogP contribution in [0.2, 0.25) is 0 Å². The number of rotatable bonds is 8. The molecule has 1 heterocycles. The molecule has 1 rings (SSSR count). The van der Waals surface area contributed by atoms with Crippen molar-refractivity contribution in [2.75, 3.05) is 33.9 Å². The van der Waals surface area contributed by atoms with Crippen LogP contribution in [0.5, 0.6) is 0 Å². The zero-order valence-electron chi connectivity index (χ0n) is 13.2. The minimum absolute atomic E-state index is 0.719. The molecule has 0 aliphatic carbocycles. The Hall–Kier alpha value is -1.49. The second-order valence-corrected chi connectivity index (χ2v) is 4.91. The zero-order chi connectivity index (χ0) is 14.8. The minimum Gasteiger partial charge on any atom is -0.380 e. The monoisotopic (exact) mass is 280 g/mol. The first-order chi connectivity index (χ1) is 9.69. The summed E-state index contributed by atoms with van der Waals surface area (Å²) in [4.78, 5) is 6.41. The van der Waals surface area contributed by atoms with Crippen molar-refractivity contribution in [3.63, 3.8) is 0 Å². The van der Waals surface area contributed by atoms with Gasteiger partial charge in [-0.2, -0.15) is 0 Å². The van der Waals surface area contributed by atoms with Crippen LogP contribution >= 0.6 is 0 Å². The van der Waals surface area contributed by atoms with Crippen LogP contribution in [0.1, 0.15) is 25.5 Å². The van der Waals surface area contributed by atoms with Gasteiger partial charge in [0.1, 0.15) is 0 Å². The molecule has 0 aromatic carbocycles. The number of unbranched alkanes of at least 4 members (excludes halogenated alkanes) is 1. The molecule has 5 nitrogen and oxygen atoms in total. The number of hydrogen-bond donors (Lipinski definition) is 1. The van der Waals surface area contributed by atoms with Crippen LogP contribution in [-0.4, -0.2) is 49.3 Å². The molecule has 0 amide bonds. The molecular weight excluding hydrogens is 252 g/mol. The molecule has 0 aliphatic heterocycles. The zero-order valence-corrected chi connectivity index (χ0v) is 13.2. The van der Waals surface area contributed by atoms with Gasteiger partial charge in [-0.05, 0) is 18.6 Å². The number of guanidine groups is 1. The highest BCUT2D eigenvalue weighted by atomic mass is 16.5. The summed E-state index contributed by atoms with van der Waals surface area (Å²) in [6.45, 7) is 5.35. The Bertz CT molecular complexity index is 400. The molecule has 0 spiro atoms. The Kier molecular flexibility index (Phi) is 7.80. The molecule has 0 unspecified atom stereocenters. The maximum Gasteiger partial charge on any atom is 0.193 e. The van der Waals surface area contributed by atoms with Gasteiger partial charge in [0.25, 0.3) is 0 Å². The second kappa shape index (κ2) is 9.42. The van der Waals surface area contributed by atoms with Gasteiger partial charge in [-0.3, -0.25) is 4.99 Å². The summed E-state index contributed by atoms with van der Waals surface area (Å²) in [5, 5.41) is 3.32. The van der Waals surface area contributed by atoms with E-state index in [9.17, 15) is 0 Å². The van der Waals surface area contributed by atoms with Crippen LogP contribution < -0.4 is 5.32 Å². The average Bonchev–Trinajstić information content (AvgIpc) is 2.83. The van der Waals surface area contributed by atoms with Crippen LogP contribution in [0.3, 0.4) is 0 Å². The molecule has 1 N–H and O–H groups in total. The number of nitrogens with one attached hydrogen (secondary N) is 1. The molecule has 1 aromatic heterocycles. The summed E-state index contributed by atoms with van der Waals surface area (Å²) in [6, 6.07) is 4.18. The molecular formula is C15H28N4O. The fourth-order valence-electron chi connectivity index (χ4n) is 1.95. The average molecular weight is 280 g/mol. The van der Waals surface area contributed by atoms with E-state index in [-0.39, 0.29) is 0 Å². The Morgan fingerprint density at radius 2 is 2.25 bits per heavy atom. The van der Waals surface area contributed by atoms with Gasteiger partial charge in [-0.25, -0.2) is 0 Å². The summed E-state index contributed by atoms with van der Waals surface area (Å²) in [7, 11) is 5.91. The summed E-state index contributed by atoms with van der Waals surface area (Å²) in [5.74, 6) is 0.894. The van der Waals surface area contributed by atoms with Gasteiger partial charge in [0.2, 0.25) is 0 Å². The molecule has 0 aliphatic rings. The third-order valence-corrected chi connectivity index (χ3v) is 3.20. The molecule has 0 saturated heterocycles. The third kappa shape index (κ3) is 5.65. The van der Waals surface area contributed by atoms with Crippen LogP contribution in [-0.2, 0) is 18.3 Å². The lowest BCUT2D eigenvalue weighted by Crippen LogP contribution is -2.40.